The molecule has 1 aliphatic heterocycles. The van der Waals surface area contributed by atoms with Crippen molar-refractivity contribution in [1.82, 2.24) is 0 Å². The van der Waals surface area contributed by atoms with E-state index in [2.05, 4.69) is 10.1 Å². The van der Waals surface area contributed by atoms with Gasteiger partial charge < -0.3 is 10.1 Å². The van der Waals surface area contributed by atoms with Crippen LogP contribution in [0.3, 0.4) is 0 Å². The predicted molar refractivity (Wildman–Crippen MR) is 57.1 cm³/mol. The number of carbonyl (C=O) groups is 2. The second-order valence-corrected chi connectivity index (χ2v) is 3.17. The first-order valence-electron chi connectivity index (χ1n) is 4.49. The Morgan fingerprint density at radius 1 is 1.40 bits per heavy atom. The quantitative estimate of drug-likeness (QED) is 0.705. The van der Waals surface area contributed by atoms with Crippen LogP contribution in [0.1, 0.15) is 15.9 Å². The highest BCUT2D eigenvalue weighted by Crippen LogP contribution is 2.23. The summed E-state index contributed by atoms with van der Waals surface area (Å²) in [5.41, 5.74) is 2.33. The van der Waals surface area contributed by atoms with Crippen LogP contribution in [-0.2, 0) is 16.0 Å². The van der Waals surface area contributed by atoms with Gasteiger partial charge in [0.25, 0.3) is 0 Å². The fourth-order valence-corrected chi connectivity index (χ4v) is 1.31. The molecule has 0 saturated heterocycles. The lowest BCUT2D eigenvalue weighted by Crippen LogP contribution is -2.03. The Morgan fingerprint density at radius 3 is 2.67 bits per heavy atom. The number of hydrogen-bond acceptors (Lipinski definition) is 3. The third kappa shape index (κ3) is 2.89. The lowest BCUT2D eigenvalue weighted by Gasteiger charge is -1.97. The molecule has 4 heteroatoms. The molecule has 0 atom stereocenters. The molecule has 1 aromatic carbocycles. The largest absolute Gasteiger partial charge is 0.388 e. The number of nitrogens with one attached hydrogen (secondary N) is 1. The maximum atomic E-state index is 10.9. The minimum atomic E-state index is -0.00644. The van der Waals surface area contributed by atoms with E-state index >= 15 is 0 Å². The van der Waals surface area contributed by atoms with Crippen molar-refractivity contribution in [3.63, 3.8) is 0 Å². The van der Waals surface area contributed by atoms with Crippen molar-refractivity contribution in [2.75, 3.05) is 19.5 Å². The molecule has 0 spiro atoms. The number of hydrogen-bond donors (Lipinski definition) is 1. The summed E-state index contributed by atoms with van der Waals surface area (Å²) >= 11 is 0. The zero-order valence-electron chi connectivity index (χ0n) is 8.74. The van der Waals surface area contributed by atoms with Crippen molar-refractivity contribution < 1.29 is 14.3 Å². The molecule has 0 fully saturated rings. The first-order chi connectivity index (χ1) is 7.21. The Balaban J connectivity index is 0.000000337. The van der Waals surface area contributed by atoms with E-state index in [9.17, 15) is 9.59 Å². The van der Waals surface area contributed by atoms with Gasteiger partial charge in [-0.3, -0.25) is 9.59 Å². The molecule has 0 bridgehead atoms. The highest BCUT2D eigenvalue weighted by Gasteiger charge is 2.16. The Bertz CT molecular complexity index is 374. The Morgan fingerprint density at radius 2 is 2.07 bits per heavy atom. The normalized spacial score (nSPS) is 12.3. The third-order valence-corrected chi connectivity index (χ3v) is 1.90. The van der Waals surface area contributed by atoms with Crippen molar-refractivity contribution in [2.45, 2.75) is 6.42 Å². The van der Waals surface area contributed by atoms with Gasteiger partial charge in [-0.05, 0) is 11.6 Å². The van der Waals surface area contributed by atoms with Crippen LogP contribution in [0.25, 0.3) is 0 Å². The summed E-state index contributed by atoms with van der Waals surface area (Å²) < 4.78 is 4.25. The average Bonchev–Trinajstić information content (AvgIpc) is 2.57. The SMILES string of the molecule is COC.O=Cc1ccc2c(c1)NC(=O)C2. The lowest BCUT2D eigenvalue weighted by atomic mass is 10.1. The van der Waals surface area contributed by atoms with Crippen LogP contribution in [0.2, 0.25) is 0 Å². The maximum Gasteiger partial charge on any atom is 0.228 e. The van der Waals surface area contributed by atoms with E-state index in [1.165, 1.54) is 0 Å². The van der Waals surface area contributed by atoms with E-state index in [0.717, 1.165) is 17.5 Å². The second kappa shape index (κ2) is 5.26. The van der Waals surface area contributed by atoms with Crippen LogP contribution >= 0.6 is 0 Å². The fraction of sp³-hybridized carbons (Fsp3) is 0.273. The topological polar surface area (TPSA) is 55.4 Å². The van der Waals surface area contributed by atoms with Crippen molar-refractivity contribution in [3.8, 4) is 0 Å². The van der Waals surface area contributed by atoms with E-state index in [4.69, 9.17) is 0 Å². The minimum Gasteiger partial charge on any atom is -0.388 e. The number of amides is 1. The Kier molecular flexibility index (Phi) is 4.00. The summed E-state index contributed by atoms with van der Waals surface area (Å²) in [6, 6.07) is 5.20. The number of ether oxygens (including phenoxy) is 1. The van der Waals surface area contributed by atoms with Crippen molar-refractivity contribution in [3.05, 3.63) is 29.3 Å². The van der Waals surface area contributed by atoms with Gasteiger partial charge in [0.1, 0.15) is 6.29 Å². The highest BCUT2D eigenvalue weighted by molar-refractivity contribution is 6.00. The van der Waals surface area contributed by atoms with Crippen LogP contribution in [0.4, 0.5) is 5.69 Å². The van der Waals surface area contributed by atoms with Gasteiger partial charge in [-0.1, -0.05) is 12.1 Å². The van der Waals surface area contributed by atoms with Gasteiger partial charge in [-0.2, -0.15) is 0 Å². The number of carbonyl (C=O) groups excluding carboxylic acids is 2. The van der Waals surface area contributed by atoms with Gasteiger partial charge in [0.2, 0.25) is 5.91 Å². The summed E-state index contributed by atoms with van der Waals surface area (Å²) in [6.07, 6.45) is 1.19. The molecule has 0 aliphatic carbocycles. The average molecular weight is 207 g/mol. The van der Waals surface area contributed by atoms with Crippen LogP contribution in [0.15, 0.2) is 18.2 Å². The highest BCUT2D eigenvalue weighted by atomic mass is 16.4. The lowest BCUT2D eigenvalue weighted by molar-refractivity contribution is -0.115. The van der Waals surface area contributed by atoms with Gasteiger partial charge in [0.15, 0.2) is 0 Å². The molecule has 1 amide bonds. The molecule has 0 saturated carbocycles. The Labute approximate surface area is 88.2 Å². The van der Waals surface area contributed by atoms with Crippen molar-refractivity contribution >= 4 is 17.9 Å². The van der Waals surface area contributed by atoms with Crippen LogP contribution in [0, 0.1) is 0 Å². The van der Waals surface area contributed by atoms with E-state index < -0.39 is 0 Å². The van der Waals surface area contributed by atoms with Gasteiger partial charge in [0, 0.05) is 25.5 Å². The molecular weight excluding hydrogens is 194 g/mol. The maximum absolute atomic E-state index is 10.9. The molecule has 80 valence electrons. The standard InChI is InChI=1S/C9H7NO2.C2H6O/c11-5-6-1-2-7-4-9(12)10-8(7)3-6;1-3-2/h1-3,5H,4H2,(H,10,12);1-2H3. The number of fused-ring (bicyclic) bond motifs is 1. The first kappa shape index (κ1) is 11.4. The minimum absolute atomic E-state index is 0.00644. The fourth-order valence-electron chi connectivity index (χ4n) is 1.31. The summed E-state index contributed by atoms with van der Waals surface area (Å²) in [6.45, 7) is 0. The van der Waals surface area contributed by atoms with Crippen LogP contribution in [0.5, 0.6) is 0 Å². The van der Waals surface area contributed by atoms with Crippen LogP contribution in [-0.4, -0.2) is 26.4 Å². The molecule has 1 aromatic rings. The number of aldehydes is 1. The van der Waals surface area contributed by atoms with Gasteiger partial charge in [0.05, 0.1) is 6.42 Å². The number of benzene rings is 1. The first-order valence-corrected chi connectivity index (χ1v) is 4.49. The third-order valence-electron chi connectivity index (χ3n) is 1.90. The zero-order chi connectivity index (χ0) is 11.3. The molecule has 1 heterocycles. The van der Waals surface area contributed by atoms with E-state index in [0.29, 0.717) is 12.0 Å². The number of anilines is 1. The summed E-state index contributed by atoms with van der Waals surface area (Å²) in [5, 5.41) is 2.67. The summed E-state index contributed by atoms with van der Waals surface area (Å²) in [7, 11) is 3.25. The molecule has 2 rings (SSSR count). The number of methoxy groups -OCH3 is 1. The molecule has 0 unspecified atom stereocenters. The number of rotatable bonds is 1. The molecule has 15 heavy (non-hydrogen) atoms. The zero-order valence-corrected chi connectivity index (χ0v) is 8.74. The summed E-state index contributed by atoms with van der Waals surface area (Å²) in [4.78, 5) is 21.3. The smallest absolute Gasteiger partial charge is 0.228 e. The van der Waals surface area contributed by atoms with E-state index in [1.54, 1.807) is 32.4 Å². The van der Waals surface area contributed by atoms with E-state index in [1.807, 2.05) is 0 Å². The van der Waals surface area contributed by atoms with Crippen molar-refractivity contribution in [1.29, 1.82) is 0 Å². The molecular formula is C11H13NO3. The molecule has 1 aliphatic rings. The van der Waals surface area contributed by atoms with Gasteiger partial charge in [-0.15, -0.1) is 0 Å². The summed E-state index contributed by atoms with van der Waals surface area (Å²) in [5.74, 6) is -0.00644. The van der Waals surface area contributed by atoms with Crippen molar-refractivity contribution in [2.24, 2.45) is 0 Å². The van der Waals surface area contributed by atoms with Crippen LogP contribution < -0.4 is 5.32 Å². The molecule has 0 radical (unpaired) electrons. The van der Waals surface area contributed by atoms with Gasteiger partial charge in [-0.25, -0.2) is 0 Å². The molecule has 4 nitrogen and oxygen atoms in total. The van der Waals surface area contributed by atoms with E-state index in [-0.39, 0.29) is 5.91 Å². The second-order valence-electron chi connectivity index (χ2n) is 3.17. The molecule has 0 aromatic heterocycles. The van der Waals surface area contributed by atoms with Gasteiger partial charge >= 0.3 is 0 Å². The molecule has 1 N–H and O–H groups in total. The monoisotopic (exact) mass is 207 g/mol. The Hall–Kier alpha value is -1.68. The predicted octanol–water partition coefficient (Wildman–Crippen LogP) is 1.26.